The molecule has 2 unspecified atom stereocenters. The molecule has 1 aliphatic heterocycles. The molecule has 1 heterocycles. The van der Waals surface area contributed by atoms with Crippen LogP contribution in [0, 0.1) is 5.92 Å². The number of hydrogen-bond acceptors (Lipinski definition) is 3. The van der Waals surface area contributed by atoms with Crippen LogP contribution in [0.1, 0.15) is 27.7 Å². The SMILES string of the molecule is CC(C)CN=C(NN)N1CC(C)SC(C)C1. The third-order valence-corrected chi connectivity index (χ3v) is 3.68. The molecule has 0 bridgehead atoms. The molecule has 2 atom stereocenters. The molecule has 94 valence electrons. The van der Waals surface area contributed by atoms with Gasteiger partial charge >= 0.3 is 0 Å². The van der Waals surface area contributed by atoms with Crippen molar-refractivity contribution in [2.24, 2.45) is 16.8 Å². The van der Waals surface area contributed by atoms with Gasteiger partial charge in [-0.3, -0.25) is 10.4 Å². The smallest absolute Gasteiger partial charge is 0.208 e. The molecule has 1 saturated heterocycles. The zero-order valence-corrected chi connectivity index (χ0v) is 11.5. The van der Waals surface area contributed by atoms with E-state index in [1.807, 2.05) is 11.8 Å². The van der Waals surface area contributed by atoms with Crippen LogP contribution in [-0.2, 0) is 0 Å². The molecule has 4 nitrogen and oxygen atoms in total. The molecule has 0 amide bonds. The molecule has 1 rings (SSSR count). The predicted octanol–water partition coefficient (Wildman–Crippen LogP) is 1.29. The lowest BCUT2D eigenvalue weighted by atomic mass is 10.2. The van der Waals surface area contributed by atoms with Gasteiger partial charge in [-0.15, -0.1) is 0 Å². The van der Waals surface area contributed by atoms with Crippen LogP contribution in [0.15, 0.2) is 4.99 Å². The lowest BCUT2D eigenvalue weighted by Gasteiger charge is -2.36. The summed E-state index contributed by atoms with van der Waals surface area (Å²) in [4.78, 5) is 6.79. The van der Waals surface area contributed by atoms with Gasteiger partial charge < -0.3 is 4.90 Å². The maximum absolute atomic E-state index is 5.55. The summed E-state index contributed by atoms with van der Waals surface area (Å²) in [6, 6.07) is 0. The summed E-state index contributed by atoms with van der Waals surface area (Å²) in [5.41, 5.74) is 2.73. The minimum absolute atomic E-state index is 0.567. The zero-order chi connectivity index (χ0) is 12.1. The number of thioether (sulfide) groups is 1. The topological polar surface area (TPSA) is 53.6 Å². The van der Waals surface area contributed by atoms with Crippen LogP contribution in [-0.4, -0.2) is 41.0 Å². The molecule has 3 N–H and O–H groups in total. The van der Waals surface area contributed by atoms with Crippen molar-refractivity contribution in [2.75, 3.05) is 19.6 Å². The fourth-order valence-electron chi connectivity index (χ4n) is 1.86. The Bertz CT molecular complexity index is 232. The zero-order valence-electron chi connectivity index (χ0n) is 10.7. The molecular weight excluding hydrogens is 220 g/mol. The van der Waals surface area contributed by atoms with Crippen molar-refractivity contribution in [3.05, 3.63) is 0 Å². The Morgan fingerprint density at radius 1 is 1.44 bits per heavy atom. The number of nitrogens with two attached hydrogens (primary N) is 1. The molecule has 5 heteroatoms. The van der Waals surface area contributed by atoms with E-state index in [0.29, 0.717) is 16.4 Å². The van der Waals surface area contributed by atoms with Crippen molar-refractivity contribution in [3.63, 3.8) is 0 Å². The average Bonchev–Trinajstić information content (AvgIpc) is 2.16. The number of guanidine groups is 1. The van der Waals surface area contributed by atoms with Crippen molar-refractivity contribution in [1.82, 2.24) is 10.3 Å². The van der Waals surface area contributed by atoms with Gasteiger partial charge in [-0.25, -0.2) is 5.84 Å². The van der Waals surface area contributed by atoms with Crippen LogP contribution in [0.5, 0.6) is 0 Å². The van der Waals surface area contributed by atoms with E-state index >= 15 is 0 Å². The Morgan fingerprint density at radius 2 is 2.00 bits per heavy atom. The van der Waals surface area contributed by atoms with Gasteiger partial charge in [0.2, 0.25) is 5.96 Å². The first-order chi connectivity index (χ1) is 7.52. The third-order valence-electron chi connectivity index (χ3n) is 2.45. The molecule has 16 heavy (non-hydrogen) atoms. The first-order valence-corrected chi connectivity index (χ1v) is 6.88. The van der Waals surface area contributed by atoms with Crippen molar-refractivity contribution in [1.29, 1.82) is 0 Å². The van der Waals surface area contributed by atoms with E-state index in [4.69, 9.17) is 5.84 Å². The standard InChI is InChI=1S/C11H24N4S/c1-8(2)5-13-11(14-12)15-6-9(3)16-10(4)7-15/h8-10H,5-7,12H2,1-4H3,(H,13,14). The van der Waals surface area contributed by atoms with Gasteiger partial charge in [-0.1, -0.05) is 27.7 Å². The Kier molecular flexibility index (Phi) is 5.41. The lowest BCUT2D eigenvalue weighted by molar-refractivity contribution is 0.393. The van der Waals surface area contributed by atoms with Crippen LogP contribution in [0.3, 0.4) is 0 Å². The highest BCUT2D eigenvalue weighted by Gasteiger charge is 2.24. The summed E-state index contributed by atoms with van der Waals surface area (Å²) >= 11 is 2.03. The predicted molar refractivity (Wildman–Crippen MR) is 72.6 cm³/mol. The van der Waals surface area contributed by atoms with E-state index in [-0.39, 0.29) is 0 Å². The van der Waals surface area contributed by atoms with E-state index in [0.717, 1.165) is 25.6 Å². The van der Waals surface area contributed by atoms with Gasteiger partial charge in [0.15, 0.2) is 0 Å². The minimum Gasteiger partial charge on any atom is -0.340 e. The summed E-state index contributed by atoms with van der Waals surface area (Å²) in [5.74, 6) is 6.96. The van der Waals surface area contributed by atoms with Crippen LogP contribution in [0.25, 0.3) is 0 Å². The van der Waals surface area contributed by atoms with Gasteiger partial charge in [-0.2, -0.15) is 11.8 Å². The summed E-state index contributed by atoms with van der Waals surface area (Å²) in [6.07, 6.45) is 0. The lowest BCUT2D eigenvalue weighted by Crippen LogP contribution is -2.51. The molecular formula is C11H24N4S. The molecule has 0 aromatic heterocycles. The molecule has 0 aromatic rings. The normalized spacial score (nSPS) is 27.4. The van der Waals surface area contributed by atoms with Crippen molar-refractivity contribution < 1.29 is 0 Å². The Morgan fingerprint density at radius 3 is 2.44 bits per heavy atom. The maximum Gasteiger partial charge on any atom is 0.208 e. The second-order valence-corrected chi connectivity index (χ2v) is 6.75. The van der Waals surface area contributed by atoms with Gasteiger partial charge in [0.25, 0.3) is 0 Å². The number of hydrazine groups is 1. The molecule has 0 aliphatic carbocycles. The van der Waals surface area contributed by atoms with Gasteiger partial charge in [0.05, 0.1) is 0 Å². The molecule has 1 fully saturated rings. The molecule has 0 spiro atoms. The molecule has 0 saturated carbocycles. The first kappa shape index (κ1) is 13.6. The monoisotopic (exact) mass is 244 g/mol. The Hall–Kier alpha value is -0.420. The van der Waals surface area contributed by atoms with Crippen molar-refractivity contribution in [2.45, 2.75) is 38.2 Å². The highest BCUT2D eigenvalue weighted by atomic mass is 32.2. The van der Waals surface area contributed by atoms with Crippen molar-refractivity contribution in [3.8, 4) is 0 Å². The van der Waals surface area contributed by atoms with E-state index in [9.17, 15) is 0 Å². The highest BCUT2D eigenvalue weighted by molar-refractivity contribution is 8.00. The van der Waals surface area contributed by atoms with E-state index < -0.39 is 0 Å². The molecule has 0 aromatic carbocycles. The van der Waals surface area contributed by atoms with Gasteiger partial charge in [0, 0.05) is 30.1 Å². The van der Waals surface area contributed by atoms with E-state index in [1.54, 1.807) is 0 Å². The van der Waals surface area contributed by atoms with E-state index in [1.165, 1.54) is 0 Å². The summed E-state index contributed by atoms with van der Waals surface area (Å²) in [7, 11) is 0. The second-order valence-electron chi connectivity index (χ2n) is 4.86. The number of rotatable bonds is 2. The third kappa shape index (κ3) is 4.22. The quantitative estimate of drug-likeness (QED) is 0.333. The summed E-state index contributed by atoms with van der Waals surface area (Å²) in [6.45, 7) is 11.7. The minimum atomic E-state index is 0.567. The number of nitrogens with zero attached hydrogens (tertiary/aromatic N) is 2. The highest BCUT2D eigenvalue weighted by Crippen LogP contribution is 2.24. The fraction of sp³-hybridized carbons (Fsp3) is 0.909. The van der Waals surface area contributed by atoms with Gasteiger partial charge in [0.1, 0.15) is 0 Å². The van der Waals surface area contributed by atoms with E-state index in [2.05, 4.69) is 43.0 Å². The first-order valence-electron chi connectivity index (χ1n) is 5.94. The number of nitrogens with one attached hydrogen (secondary N) is 1. The van der Waals surface area contributed by atoms with Gasteiger partial charge in [-0.05, 0) is 5.92 Å². The Balaban J connectivity index is 2.61. The molecule has 0 radical (unpaired) electrons. The van der Waals surface area contributed by atoms with Crippen LogP contribution in [0.4, 0.5) is 0 Å². The summed E-state index contributed by atoms with van der Waals surface area (Å²) in [5, 5.41) is 1.28. The fourth-order valence-corrected chi connectivity index (χ4v) is 3.18. The number of hydrogen-bond donors (Lipinski definition) is 2. The van der Waals surface area contributed by atoms with Crippen molar-refractivity contribution >= 4 is 17.7 Å². The summed E-state index contributed by atoms with van der Waals surface area (Å²) < 4.78 is 0. The average molecular weight is 244 g/mol. The molecule has 1 aliphatic rings. The Labute approximate surface area is 103 Å². The van der Waals surface area contributed by atoms with Crippen LogP contribution in [0.2, 0.25) is 0 Å². The maximum atomic E-state index is 5.55. The van der Waals surface area contributed by atoms with Crippen LogP contribution < -0.4 is 11.3 Å². The second kappa shape index (κ2) is 6.35. The largest absolute Gasteiger partial charge is 0.340 e. The van der Waals surface area contributed by atoms with Crippen LogP contribution >= 0.6 is 11.8 Å². The number of aliphatic imine (C=N–C) groups is 1.